The average molecular weight is 415 g/mol. The third-order valence-electron chi connectivity index (χ3n) is 5.70. The summed E-state index contributed by atoms with van der Waals surface area (Å²) in [5, 5.41) is 0. The lowest BCUT2D eigenvalue weighted by Gasteiger charge is -2.16. The van der Waals surface area contributed by atoms with Crippen LogP contribution in [0.2, 0.25) is 0 Å². The molecular formula is C26H39FN2O. The van der Waals surface area contributed by atoms with Crippen LogP contribution in [0, 0.1) is 5.92 Å². The number of benzene rings is 1. The van der Waals surface area contributed by atoms with Crippen LogP contribution in [0.4, 0.5) is 4.39 Å². The van der Waals surface area contributed by atoms with Crippen LogP contribution in [0.3, 0.4) is 0 Å². The molecule has 166 valence electrons. The second-order valence-electron chi connectivity index (χ2n) is 8.40. The molecule has 0 aliphatic carbocycles. The van der Waals surface area contributed by atoms with Crippen molar-refractivity contribution in [3.63, 3.8) is 0 Å². The van der Waals surface area contributed by atoms with Gasteiger partial charge in [-0.15, -0.1) is 0 Å². The summed E-state index contributed by atoms with van der Waals surface area (Å²) in [6.45, 7) is 6.37. The highest BCUT2D eigenvalue weighted by atomic mass is 19.1. The minimum Gasteiger partial charge on any atom is -0.487 e. The Kier molecular flexibility index (Phi) is 11.4. The van der Waals surface area contributed by atoms with Crippen molar-refractivity contribution in [1.29, 1.82) is 0 Å². The lowest BCUT2D eigenvalue weighted by atomic mass is 10.00. The number of aromatic nitrogens is 2. The van der Waals surface area contributed by atoms with Gasteiger partial charge in [0.05, 0.1) is 12.4 Å². The molecule has 1 aromatic heterocycles. The minimum absolute atomic E-state index is 0.0139. The van der Waals surface area contributed by atoms with E-state index in [9.17, 15) is 4.39 Å². The molecule has 0 saturated heterocycles. The maximum Gasteiger partial charge on any atom is 0.159 e. The van der Waals surface area contributed by atoms with Crippen LogP contribution in [0.25, 0.3) is 11.4 Å². The zero-order chi connectivity index (χ0) is 21.6. The standard InChI is InChI=1S/C26H39FN2O/c1-4-6-8-9-10-11-13-22-14-16-23(17-15-22)26-28-18-24(19-29-26)30-20-25(27)21(3)12-7-5-2/h14-19,21,25H,4-13,20H2,1-3H3. The number of halogens is 1. The van der Waals surface area contributed by atoms with E-state index in [1.807, 2.05) is 6.92 Å². The molecule has 0 fully saturated rings. The summed E-state index contributed by atoms with van der Waals surface area (Å²) in [4.78, 5) is 8.79. The molecule has 0 saturated carbocycles. The summed E-state index contributed by atoms with van der Waals surface area (Å²) in [5.74, 6) is 1.20. The summed E-state index contributed by atoms with van der Waals surface area (Å²) in [6.07, 6.45) is 14.4. The largest absolute Gasteiger partial charge is 0.487 e. The molecular weight excluding hydrogens is 375 g/mol. The van der Waals surface area contributed by atoms with Gasteiger partial charge in [-0.25, -0.2) is 14.4 Å². The molecule has 0 spiro atoms. The van der Waals surface area contributed by atoms with Gasteiger partial charge in [0.25, 0.3) is 0 Å². The molecule has 0 aliphatic heterocycles. The first-order chi connectivity index (χ1) is 14.6. The summed E-state index contributed by atoms with van der Waals surface area (Å²) in [5.41, 5.74) is 2.35. The summed E-state index contributed by atoms with van der Waals surface area (Å²) < 4.78 is 19.7. The second kappa shape index (κ2) is 14.1. The van der Waals surface area contributed by atoms with E-state index in [0.29, 0.717) is 11.6 Å². The summed E-state index contributed by atoms with van der Waals surface area (Å²) in [6, 6.07) is 8.49. The van der Waals surface area contributed by atoms with Gasteiger partial charge in [0.15, 0.2) is 11.6 Å². The molecule has 0 N–H and O–H groups in total. The molecule has 4 heteroatoms. The highest BCUT2D eigenvalue weighted by Crippen LogP contribution is 2.20. The van der Waals surface area contributed by atoms with Gasteiger partial charge in [0.1, 0.15) is 12.8 Å². The third-order valence-corrected chi connectivity index (χ3v) is 5.70. The Morgan fingerprint density at radius 2 is 1.50 bits per heavy atom. The van der Waals surface area contributed by atoms with Crippen LogP contribution in [-0.4, -0.2) is 22.7 Å². The zero-order valence-electron chi connectivity index (χ0n) is 19.1. The number of aryl methyl sites for hydroxylation is 1. The first-order valence-corrected chi connectivity index (χ1v) is 11.8. The van der Waals surface area contributed by atoms with E-state index in [1.54, 1.807) is 12.4 Å². The van der Waals surface area contributed by atoms with Crippen molar-refractivity contribution in [3.05, 3.63) is 42.2 Å². The molecule has 1 aromatic carbocycles. The van der Waals surface area contributed by atoms with Crippen molar-refractivity contribution in [1.82, 2.24) is 9.97 Å². The van der Waals surface area contributed by atoms with Crippen LogP contribution < -0.4 is 4.74 Å². The number of nitrogens with zero attached hydrogens (tertiary/aromatic N) is 2. The zero-order valence-corrected chi connectivity index (χ0v) is 19.1. The fourth-order valence-electron chi connectivity index (χ4n) is 3.52. The van der Waals surface area contributed by atoms with Gasteiger partial charge in [0, 0.05) is 5.56 Å². The number of hydrogen-bond acceptors (Lipinski definition) is 3. The van der Waals surface area contributed by atoms with Crippen molar-refractivity contribution in [2.24, 2.45) is 5.92 Å². The SMILES string of the molecule is CCCCCCCCc1ccc(-c2ncc(OCC(F)C(C)CCCC)cn2)cc1. The molecule has 0 aliphatic rings. The predicted molar refractivity (Wildman–Crippen MR) is 124 cm³/mol. The molecule has 3 nitrogen and oxygen atoms in total. The third kappa shape index (κ3) is 8.81. The molecule has 1 heterocycles. The highest BCUT2D eigenvalue weighted by molar-refractivity contribution is 5.55. The van der Waals surface area contributed by atoms with Gasteiger partial charge >= 0.3 is 0 Å². The van der Waals surface area contributed by atoms with E-state index in [1.165, 1.54) is 44.1 Å². The summed E-state index contributed by atoms with van der Waals surface area (Å²) in [7, 11) is 0. The van der Waals surface area contributed by atoms with Crippen molar-refractivity contribution in [3.8, 4) is 17.1 Å². The maximum absolute atomic E-state index is 14.2. The van der Waals surface area contributed by atoms with Gasteiger partial charge in [-0.05, 0) is 30.7 Å². The summed E-state index contributed by atoms with van der Waals surface area (Å²) >= 11 is 0. The first-order valence-electron chi connectivity index (χ1n) is 11.8. The quantitative estimate of drug-likeness (QED) is 0.282. The number of ether oxygens (including phenoxy) is 1. The Labute approximate surface area is 182 Å². The maximum atomic E-state index is 14.2. The number of alkyl halides is 1. The van der Waals surface area contributed by atoms with Gasteiger partial charge in [-0.1, -0.05) is 90.0 Å². The van der Waals surface area contributed by atoms with E-state index in [4.69, 9.17) is 4.74 Å². The topological polar surface area (TPSA) is 35.0 Å². The van der Waals surface area contributed by atoms with Gasteiger partial charge in [0.2, 0.25) is 0 Å². The average Bonchev–Trinajstić information content (AvgIpc) is 2.79. The number of rotatable bonds is 15. The molecule has 2 rings (SSSR count). The number of hydrogen-bond donors (Lipinski definition) is 0. The molecule has 0 bridgehead atoms. The minimum atomic E-state index is -0.963. The fourth-order valence-corrected chi connectivity index (χ4v) is 3.52. The molecule has 30 heavy (non-hydrogen) atoms. The monoisotopic (exact) mass is 414 g/mol. The van der Waals surface area contributed by atoms with Gasteiger partial charge in [-0.2, -0.15) is 0 Å². The van der Waals surface area contributed by atoms with Gasteiger partial charge < -0.3 is 4.74 Å². The van der Waals surface area contributed by atoms with Crippen LogP contribution in [0.5, 0.6) is 5.75 Å². The van der Waals surface area contributed by atoms with E-state index >= 15 is 0 Å². The van der Waals surface area contributed by atoms with Crippen molar-refractivity contribution >= 4 is 0 Å². The predicted octanol–water partition coefficient (Wildman–Crippen LogP) is 7.59. The number of unbranched alkanes of at least 4 members (excludes halogenated alkanes) is 6. The van der Waals surface area contributed by atoms with Crippen LogP contribution in [0.1, 0.15) is 84.1 Å². The normalized spacial score (nSPS) is 13.2. The lowest BCUT2D eigenvalue weighted by molar-refractivity contribution is 0.141. The Morgan fingerprint density at radius 1 is 0.867 bits per heavy atom. The Bertz CT molecular complexity index is 687. The molecule has 2 unspecified atom stereocenters. The van der Waals surface area contributed by atoms with E-state index in [2.05, 4.69) is 48.1 Å². The van der Waals surface area contributed by atoms with Crippen LogP contribution >= 0.6 is 0 Å². The Balaban J connectivity index is 1.77. The fraction of sp³-hybridized carbons (Fsp3) is 0.615. The molecule has 0 amide bonds. The van der Waals surface area contributed by atoms with Crippen LogP contribution in [-0.2, 0) is 6.42 Å². The second-order valence-corrected chi connectivity index (χ2v) is 8.40. The molecule has 2 atom stereocenters. The van der Waals surface area contributed by atoms with Crippen molar-refractivity contribution in [2.75, 3.05) is 6.61 Å². The van der Waals surface area contributed by atoms with Crippen LogP contribution in [0.15, 0.2) is 36.7 Å². The first kappa shape index (κ1) is 24.3. The van der Waals surface area contributed by atoms with Crippen molar-refractivity contribution in [2.45, 2.75) is 91.2 Å². The molecule has 2 aromatic rings. The van der Waals surface area contributed by atoms with Crippen molar-refractivity contribution < 1.29 is 9.13 Å². The van der Waals surface area contributed by atoms with E-state index in [0.717, 1.165) is 31.2 Å². The van der Waals surface area contributed by atoms with E-state index in [-0.39, 0.29) is 12.5 Å². The Hall–Kier alpha value is -1.97. The lowest BCUT2D eigenvalue weighted by Crippen LogP contribution is -2.21. The highest BCUT2D eigenvalue weighted by Gasteiger charge is 2.16. The molecule has 0 radical (unpaired) electrons. The Morgan fingerprint density at radius 3 is 2.17 bits per heavy atom. The van der Waals surface area contributed by atoms with E-state index < -0.39 is 6.17 Å². The smallest absolute Gasteiger partial charge is 0.159 e. The van der Waals surface area contributed by atoms with Gasteiger partial charge in [-0.3, -0.25) is 0 Å².